The Labute approximate surface area is 123 Å². The molecular formula is C15H19N3O3. The molecule has 3 rings (SSSR count). The molecular weight excluding hydrogens is 270 g/mol. The molecule has 6 heteroatoms. The number of hydrogen-bond acceptors (Lipinski definition) is 3. The van der Waals surface area contributed by atoms with Crippen LogP contribution in [0.25, 0.3) is 0 Å². The summed E-state index contributed by atoms with van der Waals surface area (Å²) in [5, 5.41) is 2.91. The second kappa shape index (κ2) is 6.03. The predicted molar refractivity (Wildman–Crippen MR) is 78.0 cm³/mol. The smallest absolute Gasteiger partial charge is 0.410 e. The number of likely N-dealkylation sites (tertiary alicyclic amines) is 1. The maximum atomic E-state index is 12.1. The van der Waals surface area contributed by atoms with Crippen LogP contribution in [0.15, 0.2) is 24.3 Å². The molecule has 2 fully saturated rings. The minimum atomic E-state index is -0.276. The molecule has 1 aromatic carbocycles. The maximum absolute atomic E-state index is 12.1. The number of nitrogens with one attached hydrogen (secondary N) is 1. The molecule has 0 bridgehead atoms. The van der Waals surface area contributed by atoms with Crippen molar-refractivity contribution in [3.05, 3.63) is 29.8 Å². The average molecular weight is 289 g/mol. The molecule has 0 aliphatic carbocycles. The average Bonchev–Trinajstić information content (AvgIpc) is 3.12. The van der Waals surface area contributed by atoms with Crippen molar-refractivity contribution >= 4 is 17.8 Å². The summed E-state index contributed by atoms with van der Waals surface area (Å²) in [6.07, 6.45) is 1.87. The van der Waals surface area contributed by atoms with Crippen LogP contribution < -0.4 is 5.32 Å². The number of hydrogen-bond donors (Lipinski definition) is 1. The lowest BCUT2D eigenvalue weighted by Gasteiger charge is -2.17. The van der Waals surface area contributed by atoms with Gasteiger partial charge in [-0.1, -0.05) is 12.1 Å². The first kappa shape index (κ1) is 13.7. The number of carbonyl (C=O) groups excluding carboxylic acids is 2. The highest BCUT2D eigenvalue weighted by Crippen LogP contribution is 2.16. The molecule has 2 heterocycles. The minimum Gasteiger partial charge on any atom is -0.448 e. The molecule has 0 saturated carbocycles. The van der Waals surface area contributed by atoms with E-state index in [1.807, 2.05) is 29.2 Å². The number of rotatable bonds is 3. The van der Waals surface area contributed by atoms with Gasteiger partial charge in [-0.3, -0.25) is 0 Å². The molecule has 1 aromatic rings. The van der Waals surface area contributed by atoms with Crippen molar-refractivity contribution in [2.75, 3.05) is 31.6 Å². The van der Waals surface area contributed by atoms with E-state index in [1.165, 1.54) is 0 Å². The van der Waals surface area contributed by atoms with Crippen LogP contribution in [0.1, 0.15) is 18.4 Å². The number of carbonyl (C=O) groups is 2. The van der Waals surface area contributed by atoms with E-state index in [4.69, 9.17) is 4.74 Å². The SMILES string of the molecule is O=C(Nc1cccc(CN2CCOC2=O)c1)N1CCCC1. The Hall–Kier alpha value is -2.24. The first-order chi connectivity index (χ1) is 10.2. The van der Waals surface area contributed by atoms with Gasteiger partial charge in [0.1, 0.15) is 6.61 Å². The molecule has 0 unspecified atom stereocenters. The molecule has 2 aliphatic heterocycles. The monoisotopic (exact) mass is 289 g/mol. The van der Waals surface area contributed by atoms with Gasteiger partial charge < -0.3 is 19.9 Å². The first-order valence-corrected chi connectivity index (χ1v) is 7.29. The Morgan fingerprint density at radius 1 is 1.24 bits per heavy atom. The lowest BCUT2D eigenvalue weighted by molar-refractivity contribution is 0.157. The molecule has 0 spiro atoms. The number of cyclic esters (lactones) is 1. The number of nitrogens with zero attached hydrogens (tertiary/aromatic N) is 2. The van der Waals surface area contributed by atoms with E-state index in [2.05, 4.69) is 5.32 Å². The molecule has 1 N–H and O–H groups in total. The fourth-order valence-corrected chi connectivity index (χ4v) is 2.66. The number of benzene rings is 1. The summed E-state index contributed by atoms with van der Waals surface area (Å²) in [5.74, 6) is 0. The van der Waals surface area contributed by atoms with Crippen LogP contribution in [0.3, 0.4) is 0 Å². The van der Waals surface area contributed by atoms with Crippen LogP contribution >= 0.6 is 0 Å². The predicted octanol–water partition coefficient (Wildman–Crippen LogP) is 2.27. The van der Waals surface area contributed by atoms with Crippen molar-refractivity contribution in [3.8, 4) is 0 Å². The molecule has 21 heavy (non-hydrogen) atoms. The third kappa shape index (κ3) is 3.26. The number of amides is 3. The summed E-state index contributed by atoms with van der Waals surface area (Å²) < 4.78 is 4.91. The molecule has 0 atom stereocenters. The van der Waals surface area contributed by atoms with Gasteiger partial charge in [-0.15, -0.1) is 0 Å². The quantitative estimate of drug-likeness (QED) is 0.928. The summed E-state index contributed by atoms with van der Waals surface area (Å²) in [7, 11) is 0. The van der Waals surface area contributed by atoms with Gasteiger partial charge in [-0.25, -0.2) is 9.59 Å². The Balaban J connectivity index is 1.62. The van der Waals surface area contributed by atoms with Gasteiger partial charge in [0, 0.05) is 25.3 Å². The van der Waals surface area contributed by atoms with Gasteiger partial charge in [0.05, 0.1) is 6.54 Å². The lowest BCUT2D eigenvalue weighted by atomic mass is 10.2. The van der Waals surface area contributed by atoms with Crippen molar-refractivity contribution in [1.82, 2.24) is 9.80 Å². The van der Waals surface area contributed by atoms with Gasteiger partial charge in [0.25, 0.3) is 0 Å². The fourth-order valence-electron chi connectivity index (χ4n) is 2.66. The standard InChI is InChI=1S/C15H19N3O3/c19-14(17-6-1-2-7-17)16-13-5-3-4-12(10-13)11-18-8-9-21-15(18)20/h3-5,10H,1-2,6-9,11H2,(H,16,19). The fraction of sp³-hybridized carbons (Fsp3) is 0.467. The molecule has 0 radical (unpaired) electrons. The third-order valence-electron chi connectivity index (χ3n) is 3.79. The first-order valence-electron chi connectivity index (χ1n) is 7.29. The van der Waals surface area contributed by atoms with Crippen molar-refractivity contribution in [2.24, 2.45) is 0 Å². The summed E-state index contributed by atoms with van der Waals surface area (Å²) >= 11 is 0. The summed E-state index contributed by atoms with van der Waals surface area (Å²) in [6, 6.07) is 7.54. The highest BCUT2D eigenvalue weighted by Gasteiger charge is 2.22. The highest BCUT2D eigenvalue weighted by atomic mass is 16.6. The molecule has 6 nitrogen and oxygen atoms in total. The van der Waals surface area contributed by atoms with Crippen molar-refractivity contribution < 1.29 is 14.3 Å². The molecule has 112 valence electrons. The third-order valence-corrected chi connectivity index (χ3v) is 3.79. The molecule has 2 saturated heterocycles. The van der Waals surface area contributed by atoms with Crippen LogP contribution in [0.2, 0.25) is 0 Å². The number of ether oxygens (including phenoxy) is 1. The lowest BCUT2D eigenvalue weighted by Crippen LogP contribution is -2.32. The normalized spacial score (nSPS) is 18.0. The molecule has 0 aromatic heterocycles. The number of anilines is 1. The topological polar surface area (TPSA) is 61.9 Å². The van der Waals surface area contributed by atoms with Gasteiger partial charge >= 0.3 is 12.1 Å². The van der Waals surface area contributed by atoms with E-state index in [-0.39, 0.29) is 12.1 Å². The van der Waals surface area contributed by atoms with Gasteiger partial charge in [-0.2, -0.15) is 0 Å². The Kier molecular flexibility index (Phi) is 3.94. The van der Waals surface area contributed by atoms with Crippen LogP contribution in [0.5, 0.6) is 0 Å². The summed E-state index contributed by atoms with van der Waals surface area (Å²) in [4.78, 5) is 27.0. The second-order valence-corrected chi connectivity index (χ2v) is 5.36. The second-order valence-electron chi connectivity index (χ2n) is 5.36. The summed E-state index contributed by atoms with van der Waals surface area (Å²) in [6.45, 7) is 3.22. The van der Waals surface area contributed by atoms with Crippen molar-refractivity contribution in [3.63, 3.8) is 0 Å². The highest BCUT2D eigenvalue weighted by molar-refractivity contribution is 5.89. The van der Waals surface area contributed by atoms with Gasteiger partial charge in [-0.05, 0) is 30.5 Å². The zero-order chi connectivity index (χ0) is 14.7. The zero-order valence-corrected chi connectivity index (χ0v) is 11.9. The van der Waals surface area contributed by atoms with Crippen molar-refractivity contribution in [2.45, 2.75) is 19.4 Å². The van der Waals surface area contributed by atoms with E-state index in [0.717, 1.165) is 37.2 Å². The van der Waals surface area contributed by atoms with Crippen LogP contribution in [0.4, 0.5) is 15.3 Å². The largest absolute Gasteiger partial charge is 0.448 e. The van der Waals surface area contributed by atoms with E-state index < -0.39 is 0 Å². The van der Waals surface area contributed by atoms with Gasteiger partial charge in [0.15, 0.2) is 0 Å². The van der Waals surface area contributed by atoms with Gasteiger partial charge in [0.2, 0.25) is 0 Å². The van der Waals surface area contributed by atoms with Crippen LogP contribution in [-0.4, -0.2) is 48.2 Å². The summed E-state index contributed by atoms with van der Waals surface area (Å²) in [5.41, 5.74) is 1.74. The Morgan fingerprint density at radius 2 is 2.05 bits per heavy atom. The van der Waals surface area contributed by atoms with E-state index >= 15 is 0 Å². The minimum absolute atomic E-state index is 0.0507. The molecule has 3 amide bonds. The van der Waals surface area contributed by atoms with Crippen LogP contribution in [0, 0.1) is 0 Å². The Bertz CT molecular complexity index is 541. The Morgan fingerprint density at radius 3 is 2.76 bits per heavy atom. The van der Waals surface area contributed by atoms with E-state index in [0.29, 0.717) is 19.7 Å². The van der Waals surface area contributed by atoms with Crippen molar-refractivity contribution in [1.29, 1.82) is 0 Å². The van der Waals surface area contributed by atoms with Crippen LogP contribution in [-0.2, 0) is 11.3 Å². The zero-order valence-electron chi connectivity index (χ0n) is 11.9. The van der Waals surface area contributed by atoms with E-state index in [1.54, 1.807) is 4.90 Å². The maximum Gasteiger partial charge on any atom is 0.410 e. The molecule has 2 aliphatic rings. The van der Waals surface area contributed by atoms with E-state index in [9.17, 15) is 9.59 Å². The number of urea groups is 1.